The lowest BCUT2D eigenvalue weighted by Gasteiger charge is -2.28. The quantitative estimate of drug-likeness (QED) is 0.670. The normalized spacial score (nSPS) is 13.0. The Bertz CT molecular complexity index is 1080. The van der Waals surface area contributed by atoms with Crippen molar-refractivity contribution in [3.63, 3.8) is 0 Å². The van der Waals surface area contributed by atoms with Crippen LogP contribution < -0.4 is 15.0 Å². The highest BCUT2D eigenvalue weighted by Crippen LogP contribution is 2.31. The Morgan fingerprint density at radius 3 is 2.83 bits per heavy atom. The van der Waals surface area contributed by atoms with Crippen molar-refractivity contribution in [2.45, 2.75) is 6.54 Å². The van der Waals surface area contributed by atoms with Gasteiger partial charge in [-0.2, -0.15) is 5.10 Å². The molecule has 2 heterocycles. The van der Waals surface area contributed by atoms with Crippen LogP contribution in [0.15, 0.2) is 54.7 Å². The Balaban J connectivity index is 1.48. The van der Waals surface area contributed by atoms with Crippen LogP contribution in [-0.4, -0.2) is 34.7 Å². The Morgan fingerprint density at radius 2 is 1.97 bits per heavy atom. The highest BCUT2D eigenvalue weighted by Gasteiger charge is 2.27. The molecule has 0 atom stereocenters. The minimum absolute atomic E-state index is 0.102. The molecule has 0 aliphatic carbocycles. The first-order valence-corrected chi connectivity index (χ1v) is 9.55. The Kier molecular flexibility index (Phi) is 5.42. The largest absolute Gasteiger partial charge is 0.482 e. The van der Waals surface area contributed by atoms with Crippen LogP contribution in [0.1, 0.15) is 5.56 Å². The fraction of sp³-hybridized carbons (Fsp3) is 0.150. The van der Waals surface area contributed by atoms with E-state index in [1.54, 1.807) is 47.3 Å². The lowest BCUT2D eigenvalue weighted by molar-refractivity contribution is -0.123. The van der Waals surface area contributed by atoms with Gasteiger partial charge in [0, 0.05) is 6.07 Å². The predicted octanol–water partition coefficient (Wildman–Crippen LogP) is 3.60. The second-order valence-corrected chi connectivity index (χ2v) is 7.16. The van der Waals surface area contributed by atoms with Crippen molar-refractivity contribution in [2.75, 3.05) is 23.4 Å². The molecule has 4 rings (SSSR count). The maximum Gasteiger partial charge on any atom is 0.265 e. The molecule has 0 fully saturated rings. The zero-order valence-electron chi connectivity index (χ0n) is 15.1. The molecule has 0 unspecified atom stereocenters. The van der Waals surface area contributed by atoms with Gasteiger partial charge in [0.2, 0.25) is 5.91 Å². The molecule has 0 saturated heterocycles. The second-order valence-electron chi connectivity index (χ2n) is 6.37. The SMILES string of the molecule is O=C(CN1C(=O)COc2ccccc21)Nc1ccnn1Cc1cccc(Cl)c1Cl. The van der Waals surface area contributed by atoms with E-state index in [9.17, 15) is 9.59 Å². The van der Waals surface area contributed by atoms with E-state index in [0.717, 1.165) is 5.56 Å². The van der Waals surface area contributed by atoms with Crippen LogP contribution in [0.5, 0.6) is 5.75 Å². The van der Waals surface area contributed by atoms with Gasteiger partial charge in [0.15, 0.2) is 6.61 Å². The zero-order chi connectivity index (χ0) is 20.4. The number of benzene rings is 2. The first kappa shape index (κ1) is 19.3. The number of aromatic nitrogens is 2. The third-order valence-corrected chi connectivity index (χ3v) is 5.30. The molecule has 3 aromatic rings. The fourth-order valence-electron chi connectivity index (χ4n) is 3.05. The van der Waals surface area contributed by atoms with E-state index in [1.807, 2.05) is 12.1 Å². The number of carbonyl (C=O) groups excluding carboxylic acids is 2. The number of anilines is 2. The van der Waals surface area contributed by atoms with Gasteiger partial charge in [-0.1, -0.05) is 47.5 Å². The van der Waals surface area contributed by atoms with E-state index in [2.05, 4.69) is 10.4 Å². The smallest absolute Gasteiger partial charge is 0.265 e. The maximum absolute atomic E-state index is 12.6. The van der Waals surface area contributed by atoms with E-state index in [0.29, 0.717) is 33.8 Å². The molecule has 29 heavy (non-hydrogen) atoms. The summed E-state index contributed by atoms with van der Waals surface area (Å²) in [5.41, 5.74) is 1.34. The molecule has 0 saturated carbocycles. The molecule has 0 bridgehead atoms. The van der Waals surface area contributed by atoms with Crippen LogP contribution in [0, 0.1) is 0 Å². The highest BCUT2D eigenvalue weighted by atomic mass is 35.5. The number of fused-ring (bicyclic) bond motifs is 1. The number of hydrogen-bond acceptors (Lipinski definition) is 4. The molecule has 1 aromatic heterocycles. The van der Waals surface area contributed by atoms with Crippen LogP contribution in [0.2, 0.25) is 10.0 Å². The highest BCUT2D eigenvalue weighted by molar-refractivity contribution is 6.42. The summed E-state index contributed by atoms with van der Waals surface area (Å²) in [6, 6.07) is 14.1. The molecule has 0 spiro atoms. The van der Waals surface area contributed by atoms with Gasteiger partial charge in [-0.15, -0.1) is 0 Å². The number of halogens is 2. The average Bonchev–Trinajstić information content (AvgIpc) is 3.14. The third-order valence-electron chi connectivity index (χ3n) is 4.45. The molecule has 1 aliphatic heterocycles. The van der Waals surface area contributed by atoms with E-state index >= 15 is 0 Å². The second kappa shape index (κ2) is 8.14. The molecular weight excluding hydrogens is 415 g/mol. The maximum atomic E-state index is 12.6. The Hall–Kier alpha value is -3.03. The fourth-order valence-corrected chi connectivity index (χ4v) is 3.43. The van der Waals surface area contributed by atoms with E-state index in [1.165, 1.54) is 4.90 Å². The van der Waals surface area contributed by atoms with Gasteiger partial charge in [-0.05, 0) is 23.8 Å². The summed E-state index contributed by atoms with van der Waals surface area (Å²) in [5.74, 6) is 0.424. The topological polar surface area (TPSA) is 76.5 Å². The summed E-state index contributed by atoms with van der Waals surface area (Å²) >= 11 is 12.3. The van der Waals surface area contributed by atoms with Crippen molar-refractivity contribution in [2.24, 2.45) is 0 Å². The van der Waals surface area contributed by atoms with Gasteiger partial charge < -0.3 is 10.1 Å². The van der Waals surface area contributed by atoms with E-state index in [-0.39, 0.29) is 25.0 Å². The van der Waals surface area contributed by atoms with E-state index in [4.69, 9.17) is 27.9 Å². The number of rotatable bonds is 5. The minimum Gasteiger partial charge on any atom is -0.482 e. The molecule has 2 aromatic carbocycles. The lowest BCUT2D eigenvalue weighted by Crippen LogP contribution is -2.43. The van der Waals surface area contributed by atoms with Gasteiger partial charge >= 0.3 is 0 Å². The monoisotopic (exact) mass is 430 g/mol. The Morgan fingerprint density at radius 1 is 1.14 bits per heavy atom. The van der Waals surface area contributed by atoms with Crippen molar-refractivity contribution in [3.8, 4) is 5.75 Å². The summed E-state index contributed by atoms with van der Waals surface area (Å²) < 4.78 is 7.00. The van der Waals surface area contributed by atoms with Gasteiger partial charge in [0.05, 0.1) is 28.5 Å². The lowest BCUT2D eigenvalue weighted by atomic mass is 10.2. The average molecular weight is 431 g/mol. The van der Waals surface area contributed by atoms with Crippen molar-refractivity contribution >= 4 is 46.5 Å². The molecule has 7 nitrogen and oxygen atoms in total. The van der Waals surface area contributed by atoms with Gasteiger partial charge in [0.25, 0.3) is 5.91 Å². The number of nitrogens with zero attached hydrogens (tertiary/aromatic N) is 3. The van der Waals surface area contributed by atoms with Gasteiger partial charge in [-0.3, -0.25) is 14.5 Å². The number of hydrogen-bond donors (Lipinski definition) is 1. The summed E-state index contributed by atoms with van der Waals surface area (Å²) in [5, 5.41) is 7.92. The van der Waals surface area contributed by atoms with Crippen LogP contribution in [-0.2, 0) is 16.1 Å². The number of carbonyl (C=O) groups is 2. The summed E-state index contributed by atoms with van der Waals surface area (Å²) in [6.07, 6.45) is 1.57. The molecule has 9 heteroatoms. The first-order valence-electron chi connectivity index (χ1n) is 8.79. The first-order chi connectivity index (χ1) is 14.0. The van der Waals surface area contributed by atoms with Crippen molar-refractivity contribution in [1.29, 1.82) is 0 Å². The third kappa shape index (κ3) is 4.06. The summed E-state index contributed by atoms with van der Waals surface area (Å²) in [4.78, 5) is 26.3. The zero-order valence-corrected chi connectivity index (χ0v) is 16.7. The van der Waals surface area contributed by atoms with Crippen molar-refractivity contribution in [1.82, 2.24) is 9.78 Å². The molecule has 148 valence electrons. The standard InChI is InChI=1S/C20H16Cl2N4O3/c21-14-5-3-4-13(20(14)22)10-26-17(8-9-23-26)24-18(27)11-25-15-6-1-2-7-16(15)29-12-19(25)28/h1-9H,10-12H2,(H,24,27). The Labute approximate surface area is 176 Å². The summed E-state index contributed by atoms with van der Waals surface area (Å²) in [7, 11) is 0. The molecular formula is C20H16Cl2N4O3. The van der Waals surface area contributed by atoms with Gasteiger partial charge in [-0.25, -0.2) is 4.68 Å². The van der Waals surface area contributed by atoms with Crippen molar-refractivity contribution in [3.05, 3.63) is 70.3 Å². The van der Waals surface area contributed by atoms with Crippen LogP contribution >= 0.6 is 23.2 Å². The number of para-hydroxylation sites is 2. The van der Waals surface area contributed by atoms with Crippen LogP contribution in [0.25, 0.3) is 0 Å². The predicted molar refractivity (Wildman–Crippen MR) is 111 cm³/mol. The number of amides is 2. The molecule has 1 aliphatic rings. The molecule has 1 N–H and O–H groups in total. The van der Waals surface area contributed by atoms with Crippen LogP contribution in [0.4, 0.5) is 11.5 Å². The number of nitrogens with one attached hydrogen (secondary N) is 1. The van der Waals surface area contributed by atoms with Crippen molar-refractivity contribution < 1.29 is 14.3 Å². The number of ether oxygens (including phenoxy) is 1. The molecule has 2 amide bonds. The molecule has 0 radical (unpaired) electrons. The minimum atomic E-state index is -0.353. The van der Waals surface area contributed by atoms with Crippen LogP contribution in [0.3, 0.4) is 0 Å². The van der Waals surface area contributed by atoms with E-state index < -0.39 is 0 Å². The summed E-state index contributed by atoms with van der Waals surface area (Å²) in [6.45, 7) is 0.0964. The van der Waals surface area contributed by atoms with Gasteiger partial charge in [0.1, 0.15) is 18.1 Å².